The van der Waals surface area contributed by atoms with Crippen molar-refractivity contribution in [3.63, 3.8) is 0 Å². The lowest BCUT2D eigenvalue weighted by molar-refractivity contribution is -0.143. The summed E-state index contributed by atoms with van der Waals surface area (Å²) in [6, 6.07) is 4.25. The third kappa shape index (κ3) is 5.36. The standard InChI is InChI=1S/C13H16Cl2N2O3/c1-2-20-13(19)6-11(17-12(18)7-16)8-3-9(14)5-10(15)4-8/h3-5,11H,2,6-7,16H2,1H3,(H,17,18). The van der Waals surface area contributed by atoms with E-state index in [4.69, 9.17) is 33.7 Å². The van der Waals surface area contributed by atoms with Gasteiger partial charge in [-0.15, -0.1) is 0 Å². The van der Waals surface area contributed by atoms with Crippen molar-refractivity contribution in [2.45, 2.75) is 19.4 Å². The minimum Gasteiger partial charge on any atom is -0.466 e. The van der Waals surface area contributed by atoms with E-state index in [1.165, 1.54) is 0 Å². The maximum absolute atomic E-state index is 11.6. The Balaban J connectivity index is 2.96. The molecule has 1 aromatic rings. The van der Waals surface area contributed by atoms with Crippen LogP contribution in [-0.2, 0) is 14.3 Å². The van der Waals surface area contributed by atoms with Gasteiger partial charge in [-0.25, -0.2) is 0 Å². The van der Waals surface area contributed by atoms with E-state index in [0.717, 1.165) is 0 Å². The van der Waals surface area contributed by atoms with Crippen molar-refractivity contribution in [1.82, 2.24) is 5.32 Å². The molecule has 5 nitrogen and oxygen atoms in total. The van der Waals surface area contributed by atoms with Gasteiger partial charge in [-0.2, -0.15) is 0 Å². The molecule has 0 heterocycles. The molecular weight excluding hydrogens is 303 g/mol. The van der Waals surface area contributed by atoms with Gasteiger partial charge in [-0.3, -0.25) is 9.59 Å². The zero-order valence-corrected chi connectivity index (χ0v) is 12.5. The Morgan fingerprint density at radius 2 is 1.90 bits per heavy atom. The van der Waals surface area contributed by atoms with Crippen LogP contribution in [0.5, 0.6) is 0 Å². The second-order valence-electron chi connectivity index (χ2n) is 4.04. The average Bonchev–Trinajstić information content (AvgIpc) is 2.36. The molecule has 0 spiro atoms. The number of hydrogen-bond donors (Lipinski definition) is 2. The first-order chi connectivity index (χ1) is 9.46. The second-order valence-corrected chi connectivity index (χ2v) is 4.91. The number of amides is 1. The molecule has 1 aromatic carbocycles. The van der Waals surface area contributed by atoms with E-state index in [0.29, 0.717) is 15.6 Å². The number of esters is 1. The molecule has 1 amide bonds. The fraction of sp³-hybridized carbons (Fsp3) is 0.385. The molecule has 0 saturated carbocycles. The number of halogens is 2. The van der Waals surface area contributed by atoms with Crippen molar-refractivity contribution in [3.8, 4) is 0 Å². The predicted octanol–water partition coefficient (Wildman–Crippen LogP) is 2.06. The number of ether oxygens (including phenoxy) is 1. The van der Waals surface area contributed by atoms with Gasteiger partial charge in [0.1, 0.15) is 0 Å². The van der Waals surface area contributed by atoms with Crippen LogP contribution in [0.4, 0.5) is 0 Å². The van der Waals surface area contributed by atoms with Gasteiger partial charge in [-0.05, 0) is 30.7 Å². The number of carbonyl (C=O) groups excluding carboxylic acids is 2. The maximum atomic E-state index is 11.6. The summed E-state index contributed by atoms with van der Waals surface area (Å²) in [4.78, 5) is 23.0. The number of carbonyl (C=O) groups is 2. The largest absolute Gasteiger partial charge is 0.466 e. The molecule has 0 radical (unpaired) electrons. The molecule has 110 valence electrons. The molecule has 0 fully saturated rings. The SMILES string of the molecule is CCOC(=O)CC(NC(=O)CN)c1cc(Cl)cc(Cl)c1. The monoisotopic (exact) mass is 318 g/mol. The first-order valence-electron chi connectivity index (χ1n) is 6.07. The van der Waals surface area contributed by atoms with Crippen LogP contribution < -0.4 is 11.1 Å². The van der Waals surface area contributed by atoms with Crippen molar-refractivity contribution >= 4 is 35.1 Å². The highest BCUT2D eigenvalue weighted by atomic mass is 35.5. The zero-order valence-electron chi connectivity index (χ0n) is 11.0. The topological polar surface area (TPSA) is 81.4 Å². The van der Waals surface area contributed by atoms with E-state index >= 15 is 0 Å². The number of nitrogens with two attached hydrogens (primary N) is 1. The summed E-state index contributed by atoms with van der Waals surface area (Å²) >= 11 is 11.8. The van der Waals surface area contributed by atoms with Gasteiger partial charge in [-0.1, -0.05) is 23.2 Å². The molecule has 0 saturated heterocycles. The van der Waals surface area contributed by atoms with Crippen LogP contribution in [0.25, 0.3) is 0 Å². The fourth-order valence-corrected chi connectivity index (χ4v) is 2.21. The average molecular weight is 319 g/mol. The molecular formula is C13H16Cl2N2O3. The summed E-state index contributed by atoms with van der Waals surface area (Å²) in [7, 11) is 0. The normalized spacial score (nSPS) is 11.8. The highest BCUT2D eigenvalue weighted by Crippen LogP contribution is 2.25. The lowest BCUT2D eigenvalue weighted by atomic mass is 10.0. The number of rotatable bonds is 6. The van der Waals surface area contributed by atoms with Crippen molar-refractivity contribution < 1.29 is 14.3 Å². The molecule has 1 unspecified atom stereocenters. The smallest absolute Gasteiger partial charge is 0.308 e. The summed E-state index contributed by atoms with van der Waals surface area (Å²) in [6.45, 7) is 1.81. The van der Waals surface area contributed by atoms with Crippen LogP contribution in [0.3, 0.4) is 0 Å². The first-order valence-corrected chi connectivity index (χ1v) is 6.83. The molecule has 0 aliphatic carbocycles. The molecule has 20 heavy (non-hydrogen) atoms. The highest BCUT2D eigenvalue weighted by Gasteiger charge is 2.19. The molecule has 1 atom stereocenters. The predicted molar refractivity (Wildman–Crippen MR) is 77.7 cm³/mol. The van der Waals surface area contributed by atoms with Gasteiger partial charge >= 0.3 is 5.97 Å². The number of hydrogen-bond acceptors (Lipinski definition) is 4. The van der Waals surface area contributed by atoms with Gasteiger partial charge in [0.05, 0.1) is 25.6 Å². The summed E-state index contributed by atoms with van der Waals surface area (Å²) in [5, 5.41) is 3.48. The van der Waals surface area contributed by atoms with Crippen LogP contribution >= 0.6 is 23.2 Å². The number of benzene rings is 1. The van der Waals surface area contributed by atoms with Gasteiger partial charge < -0.3 is 15.8 Å². The van der Waals surface area contributed by atoms with Crippen LogP contribution in [0.15, 0.2) is 18.2 Å². The minimum atomic E-state index is -0.582. The summed E-state index contributed by atoms with van der Waals surface area (Å²) < 4.78 is 4.88. The Morgan fingerprint density at radius 1 is 1.30 bits per heavy atom. The zero-order chi connectivity index (χ0) is 15.1. The van der Waals surface area contributed by atoms with Crippen LogP contribution in [0.1, 0.15) is 24.9 Å². The highest BCUT2D eigenvalue weighted by molar-refractivity contribution is 6.34. The van der Waals surface area contributed by atoms with Crippen LogP contribution in [-0.4, -0.2) is 25.0 Å². The Kier molecular flexibility index (Phi) is 6.78. The molecule has 7 heteroatoms. The van der Waals surface area contributed by atoms with Crippen molar-refractivity contribution in [2.75, 3.05) is 13.2 Å². The third-order valence-electron chi connectivity index (χ3n) is 2.48. The molecule has 3 N–H and O–H groups in total. The van der Waals surface area contributed by atoms with E-state index in [9.17, 15) is 9.59 Å². The van der Waals surface area contributed by atoms with Gasteiger partial charge in [0.25, 0.3) is 0 Å². The lowest BCUT2D eigenvalue weighted by Gasteiger charge is -2.18. The second kappa shape index (κ2) is 8.09. The first kappa shape index (κ1) is 16.8. The van der Waals surface area contributed by atoms with E-state index < -0.39 is 12.0 Å². The van der Waals surface area contributed by atoms with Crippen LogP contribution in [0.2, 0.25) is 10.0 Å². The summed E-state index contributed by atoms with van der Waals surface area (Å²) in [5.41, 5.74) is 5.89. The van der Waals surface area contributed by atoms with Gasteiger partial charge in [0.15, 0.2) is 0 Å². The molecule has 0 bridgehead atoms. The van der Waals surface area contributed by atoms with Crippen LogP contribution in [0, 0.1) is 0 Å². The van der Waals surface area contributed by atoms with Gasteiger partial charge in [0, 0.05) is 10.0 Å². The summed E-state index contributed by atoms with van der Waals surface area (Å²) in [6.07, 6.45) is -0.0176. The van der Waals surface area contributed by atoms with Crippen molar-refractivity contribution in [2.24, 2.45) is 5.73 Å². The third-order valence-corrected chi connectivity index (χ3v) is 2.92. The maximum Gasteiger partial charge on any atom is 0.308 e. The summed E-state index contributed by atoms with van der Waals surface area (Å²) in [5.74, 6) is -0.804. The fourth-order valence-electron chi connectivity index (χ4n) is 1.67. The van der Waals surface area contributed by atoms with Crippen molar-refractivity contribution in [3.05, 3.63) is 33.8 Å². The van der Waals surface area contributed by atoms with E-state index in [1.807, 2.05) is 0 Å². The Hall–Kier alpha value is -1.30. The molecule has 0 aliphatic heterocycles. The van der Waals surface area contributed by atoms with Gasteiger partial charge in [0.2, 0.25) is 5.91 Å². The van der Waals surface area contributed by atoms with Crippen molar-refractivity contribution in [1.29, 1.82) is 0 Å². The quantitative estimate of drug-likeness (QED) is 0.787. The van der Waals surface area contributed by atoms with E-state index in [1.54, 1.807) is 25.1 Å². The Labute approximate surface area is 127 Å². The van der Waals surface area contributed by atoms with E-state index in [2.05, 4.69) is 5.32 Å². The molecule has 0 aromatic heterocycles. The lowest BCUT2D eigenvalue weighted by Crippen LogP contribution is -2.35. The number of nitrogens with one attached hydrogen (secondary N) is 1. The molecule has 0 aliphatic rings. The minimum absolute atomic E-state index is 0.0176. The Morgan fingerprint density at radius 3 is 2.40 bits per heavy atom. The van der Waals surface area contributed by atoms with E-state index in [-0.39, 0.29) is 25.5 Å². The Bertz CT molecular complexity index is 474. The molecule has 1 rings (SSSR count).